The van der Waals surface area contributed by atoms with Gasteiger partial charge in [0.2, 0.25) is 11.8 Å². The predicted molar refractivity (Wildman–Crippen MR) is 85.3 cm³/mol. The lowest BCUT2D eigenvalue weighted by atomic mass is 9.81. The Labute approximate surface area is 149 Å². The zero-order valence-electron chi connectivity index (χ0n) is 14.4. The van der Waals surface area contributed by atoms with E-state index in [0.29, 0.717) is 6.29 Å². The van der Waals surface area contributed by atoms with Crippen LogP contribution >= 0.6 is 0 Å². The Kier molecular flexibility index (Phi) is 7.00. The lowest BCUT2D eigenvalue weighted by Gasteiger charge is -2.35. The molecule has 0 spiro atoms. The van der Waals surface area contributed by atoms with Gasteiger partial charge in [-0.15, -0.1) is 0 Å². The van der Waals surface area contributed by atoms with Crippen LogP contribution in [0, 0.1) is 11.3 Å². The van der Waals surface area contributed by atoms with Crippen LogP contribution in [-0.4, -0.2) is 67.8 Å². The van der Waals surface area contributed by atoms with Crippen LogP contribution in [-0.2, 0) is 14.4 Å². The summed E-state index contributed by atoms with van der Waals surface area (Å²) in [5, 5.41) is 2.50. The Morgan fingerprint density at radius 2 is 1.81 bits per heavy atom. The molecule has 0 aromatic rings. The molecule has 2 amide bonds. The molecule has 0 aromatic heterocycles. The van der Waals surface area contributed by atoms with Crippen LogP contribution in [0.4, 0.5) is 17.6 Å². The van der Waals surface area contributed by atoms with Crippen LogP contribution in [0.15, 0.2) is 0 Å². The fourth-order valence-corrected chi connectivity index (χ4v) is 3.43. The number of nitrogens with one attached hydrogen (secondary N) is 1. The van der Waals surface area contributed by atoms with Gasteiger partial charge in [0.05, 0.1) is 31.4 Å². The first-order valence-electron chi connectivity index (χ1n) is 8.81. The number of nitrogens with zero attached hydrogens (tertiary/aromatic N) is 1. The molecule has 1 aliphatic heterocycles. The largest absolute Gasteiger partial charge is 0.345 e. The van der Waals surface area contributed by atoms with E-state index in [1.807, 2.05) is 0 Å². The number of amides is 2. The average molecular weight is 380 g/mol. The summed E-state index contributed by atoms with van der Waals surface area (Å²) in [6.45, 7) is -3.80. The second-order valence-corrected chi connectivity index (χ2v) is 7.11. The van der Waals surface area contributed by atoms with Gasteiger partial charge in [0.15, 0.2) is 0 Å². The quantitative estimate of drug-likeness (QED) is 0.463. The van der Waals surface area contributed by atoms with Crippen molar-refractivity contribution in [2.75, 3.05) is 26.6 Å². The van der Waals surface area contributed by atoms with Gasteiger partial charge in [0.1, 0.15) is 25.2 Å². The van der Waals surface area contributed by atoms with Gasteiger partial charge in [-0.3, -0.25) is 18.4 Å². The molecule has 1 heterocycles. The first-order valence-corrected chi connectivity index (χ1v) is 8.81. The van der Waals surface area contributed by atoms with E-state index in [4.69, 9.17) is 0 Å². The van der Waals surface area contributed by atoms with Crippen LogP contribution in [0.3, 0.4) is 0 Å². The van der Waals surface area contributed by atoms with Crippen LogP contribution in [0.2, 0.25) is 0 Å². The van der Waals surface area contributed by atoms with Crippen molar-refractivity contribution in [1.29, 1.82) is 0 Å². The third-order valence-electron chi connectivity index (χ3n) is 5.25. The molecule has 9 heteroatoms. The molecule has 0 bridgehead atoms. The highest BCUT2D eigenvalue weighted by Crippen LogP contribution is 2.35. The number of carbonyl (C=O) groups is 3. The summed E-state index contributed by atoms with van der Waals surface area (Å²) in [7, 11) is 0. The van der Waals surface area contributed by atoms with Gasteiger partial charge in [-0.05, 0) is 31.6 Å². The molecular weight excluding hydrogens is 356 g/mol. The van der Waals surface area contributed by atoms with E-state index in [0.717, 1.165) is 17.7 Å². The number of carbonyl (C=O) groups excluding carboxylic acids is 3. The Balaban J connectivity index is 2.17. The summed E-state index contributed by atoms with van der Waals surface area (Å²) < 4.78 is 53.2. The normalized spacial score (nSPS) is 24.4. The van der Waals surface area contributed by atoms with Crippen molar-refractivity contribution in [3.05, 3.63) is 0 Å². The zero-order valence-corrected chi connectivity index (χ0v) is 14.4. The summed E-state index contributed by atoms with van der Waals surface area (Å²) in [5.74, 6) is -1.62. The molecule has 1 saturated carbocycles. The second-order valence-electron chi connectivity index (χ2n) is 7.11. The monoisotopic (exact) mass is 380 g/mol. The van der Waals surface area contributed by atoms with E-state index in [1.54, 1.807) is 0 Å². The molecular formula is C17H24F4N2O3. The summed E-state index contributed by atoms with van der Waals surface area (Å²) in [6.07, 6.45) is -0.677. The van der Waals surface area contributed by atoms with Crippen LogP contribution in [0.1, 0.15) is 32.1 Å². The number of likely N-dealkylation sites (tertiary alicyclic amines) is 1. The number of aldehydes is 1. The third-order valence-corrected chi connectivity index (χ3v) is 5.25. The smallest absolute Gasteiger partial charge is 0.243 e. The first kappa shape index (κ1) is 20.6. The molecule has 1 N–H and O–H groups in total. The van der Waals surface area contributed by atoms with Crippen molar-refractivity contribution in [2.24, 2.45) is 11.3 Å². The Morgan fingerprint density at radius 1 is 1.19 bits per heavy atom. The standard InChI is InChI=1S/C17H24F4N2O3/c18-5-3-17(10-20,4-6-19)16(26)23-8-12(21)7-14(23)15(25)22-13(9-24)11-1-2-11/h9,11-14H,1-8,10H2,(H,22,25)/t12-,13?,14+/m1/s1. The predicted octanol–water partition coefficient (Wildman–Crippen LogP) is 1.69. The molecule has 2 aliphatic rings. The summed E-state index contributed by atoms with van der Waals surface area (Å²) in [4.78, 5) is 37.2. The van der Waals surface area contributed by atoms with Crippen molar-refractivity contribution in [2.45, 2.75) is 50.4 Å². The van der Waals surface area contributed by atoms with Gasteiger partial charge in [0, 0.05) is 6.42 Å². The molecule has 3 atom stereocenters. The third kappa shape index (κ3) is 4.35. The molecule has 2 rings (SSSR count). The minimum absolute atomic E-state index is 0.0335. The Hall–Kier alpha value is -1.67. The lowest BCUT2D eigenvalue weighted by molar-refractivity contribution is -0.149. The van der Waals surface area contributed by atoms with E-state index in [9.17, 15) is 31.9 Å². The van der Waals surface area contributed by atoms with Gasteiger partial charge >= 0.3 is 0 Å². The van der Waals surface area contributed by atoms with Crippen LogP contribution < -0.4 is 5.32 Å². The number of hydrogen-bond donors (Lipinski definition) is 1. The summed E-state index contributed by atoms with van der Waals surface area (Å²) >= 11 is 0. The van der Waals surface area contributed by atoms with Gasteiger partial charge < -0.3 is 15.0 Å². The topological polar surface area (TPSA) is 66.5 Å². The van der Waals surface area contributed by atoms with Crippen LogP contribution in [0.25, 0.3) is 0 Å². The summed E-state index contributed by atoms with van der Waals surface area (Å²) in [6, 6.07) is -1.93. The maximum absolute atomic E-state index is 13.9. The molecule has 0 aromatic carbocycles. The minimum Gasteiger partial charge on any atom is -0.345 e. The van der Waals surface area contributed by atoms with Crippen LogP contribution in [0.5, 0.6) is 0 Å². The van der Waals surface area contributed by atoms with Gasteiger partial charge in [-0.1, -0.05) is 0 Å². The summed E-state index contributed by atoms with van der Waals surface area (Å²) in [5.41, 5.74) is -1.94. The van der Waals surface area contributed by atoms with Crippen molar-refractivity contribution >= 4 is 18.1 Å². The number of rotatable bonds is 10. The minimum atomic E-state index is -1.94. The van der Waals surface area contributed by atoms with Crippen molar-refractivity contribution in [1.82, 2.24) is 10.2 Å². The van der Waals surface area contributed by atoms with E-state index < -0.39 is 74.9 Å². The van der Waals surface area contributed by atoms with Gasteiger partial charge in [-0.2, -0.15) is 0 Å². The van der Waals surface area contributed by atoms with Gasteiger partial charge in [-0.25, -0.2) is 8.78 Å². The maximum atomic E-state index is 13.9. The SMILES string of the molecule is O=CC(NC(=O)[C@@H]1C[C@@H](F)CN1C(=O)C(CF)(CCF)CCF)C1CC1. The van der Waals surface area contributed by atoms with Crippen molar-refractivity contribution < 1.29 is 31.9 Å². The number of hydrogen-bond acceptors (Lipinski definition) is 3. The van der Waals surface area contributed by atoms with Gasteiger partial charge in [0.25, 0.3) is 0 Å². The first-order chi connectivity index (χ1) is 12.4. The highest BCUT2D eigenvalue weighted by molar-refractivity contribution is 5.92. The Bertz CT molecular complexity index is 524. The van der Waals surface area contributed by atoms with Crippen molar-refractivity contribution in [3.63, 3.8) is 0 Å². The zero-order chi connectivity index (χ0) is 19.3. The highest BCUT2D eigenvalue weighted by Gasteiger charge is 2.48. The van der Waals surface area contributed by atoms with E-state index in [-0.39, 0.29) is 12.3 Å². The average Bonchev–Trinajstić information content (AvgIpc) is 3.39. The number of alkyl halides is 4. The molecule has 5 nitrogen and oxygen atoms in total. The highest BCUT2D eigenvalue weighted by atomic mass is 19.1. The molecule has 148 valence electrons. The molecule has 1 aliphatic carbocycles. The molecule has 26 heavy (non-hydrogen) atoms. The van der Waals surface area contributed by atoms with E-state index in [2.05, 4.69) is 5.32 Å². The molecule has 2 fully saturated rings. The molecule has 1 unspecified atom stereocenters. The second kappa shape index (κ2) is 8.81. The fraction of sp³-hybridized carbons (Fsp3) is 0.824. The Morgan fingerprint density at radius 3 is 2.27 bits per heavy atom. The molecule has 0 radical (unpaired) electrons. The lowest BCUT2D eigenvalue weighted by Crippen LogP contribution is -2.54. The fourth-order valence-electron chi connectivity index (χ4n) is 3.43. The molecule has 1 saturated heterocycles. The number of halogens is 4. The van der Waals surface area contributed by atoms with E-state index in [1.165, 1.54) is 0 Å². The van der Waals surface area contributed by atoms with E-state index >= 15 is 0 Å². The maximum Gasteiger partial charge on any atom is 0.243 e. The van der Waals surface area contributed by atoms with Crippen molar-refractivity contribution in [3.8, 4) is 0 Å².